The number of carbonyl (C=O) groups excluding carboxylic acids is 2. The van der Waals surface area contributed by atoms with Gasteiger partial charge in [-0.15, -0.1) is 11.3 Å². The summed E-state index contributed by atoms with van der Waals surface area (Å²) in [4.78, 5) is 24.8. The number of carbonyl (C=O) groups is 2. The van der Waals surface area contributed by atoms with Crippen LogP contribution in [0.25, 0.3) is 17.2 Å². The molecule has 0 fully saturated rings. The quantitative estimate of drug-likeness (QED) is 0.433. The average Bonchev–Trinajstić information content (AvgIpc) is 3.20. The van der Waals surface area contributed by atoms with E-state index in [4.69, 9.17) is 14.2 Å². The molecule has 2 aromatic carbocycles. The monoisotopic (exact) mass is 423 g/mol. The maximum absolute atomic E-state index is 12.5. The summed E-state index contributed by atoms with van der Waals surface area (Å²) in [6.45, 7) is 0. The summed E-state index contributed by atoms with van der Waals surface area (Å²) in [6.07, 6.45) is 3.05. The number of thiophene rings is 1. The summed E-state index contributed by atoms with van der Waals surface area (Å²) in [5, 5.41) is 5.03. The highest BCUT2D eigenvalue weighted by molar-refractivity contribution is 7.15. The fourth-order valence-corrected chi connectivity index (χ4v) is 3.83. The Labute approximate surface area is 178 Å². The predicted octanol–water partition coefficient (Wildman–Crippen LogP) is 4.87. The van der Waals surface area contributed by atoms with E-state index in [2.05, 4.69) is 5.32 Å². The molecule has 0 spiro atoms. The highest BCUT2D eigenvalue weighted by Gasteiger charge is 2.21. The summed E-state index contributed by atoms with van der Waals surface area (Å²) in [6, 6.07) is 14.8. The molecule has 0 radical (unpaired) electrons. The Hall–Kier alpha value is -3.58. The van der Waals surface area contributed by atoms with Gasteiger partial charge in [0, 0.05) is 17.0 Å². The van der Waals surface area contributed by atoms with Gasteiger partial charge >= 0.3 is 5.97 Å². The van der Waals surface area contributed by atoms with Crippen LogP contribution in [0.3, 0.4) is 0 Å². The molecular weight excluding hydrogens is 402 g/mol. The third-order valence-electron chi connectivity index (χ3n) is 4.34. The largest absolute Gasteiger partial charge is 0.493 e. The van der Waals surface area contributed by atoms with E-state index in [0.29, 0.717) is 27.6 Å². The van der Waals surface area contributed by atoms with Gasteiger partial charge in [0.2, 0.25) is 5.91 Å². The first kappa shape index (κ1) is 21.1. The van der Waals surface area contributed by atoms with Crippen molar-refractivity contribution < 1.29 is 23.8 Å². The van der Waals surface area contributed by atoms with Crippen molar-refractivity contribution in [1.29, 1.82) is 0 Å². The Morgan fingerprint density at radius 2 is 1.70 bits per heavy atom. The molecule has 154 valence electrons. The molecule has 3 aromatic rings. The molecule has 30 heavy (non-hydrogen) atoms. The van der Waals surface area contributed by atoms with Crippen molar-refractivity contribution in [2.75, 3.05) is 26.6 Å². The number of amides is 1. The van der Waals surface area contributed by atoms with Crippen molar-refractivity contribution in [2.24, 2.45) is 0 Å². The third kappa shape index (κ3) is 4.69. The van der Waals surface area contributed by atoms with Crippen molar-refractivity contribution >= 4 is 34.3 Å². The molecule has 1 amide bonds. The molecule has 7 heteroatoms. The van der Waals surface area contributed by atoms with Gasteiger partial charge in [-0.1, -0.05) is 36.4 Å². The lowest BCUT2D eigenvalue weighted by Crippen LogP contribution is -2.11. The SMILES string of the molecule is COC(=O)c1c(-c2ccccc2)csc1NC(=O)/C=C/c1ccc(OC)c(OC)c1. The van der Waals surface area contributed by atoms with Crippen molar-refractivity contribution in [3.63, 3.8) is 0 Å². The molecule has 3 rings (SSSR count). The van der Waals surface area contributed by atoms with E-state index in [1.54, 1.807) is 32.4 Å². The smallest absolute Gasteiger partial charge is 0.341 e. The Morgan fingerprint density at radius 3 is 2.37 bits per heavy atom. The zero-order valence-electron chi connectivity index (χ0n) is 16.8. The lowest BCUT2D eigenvalue weighted by Gasteiger charge is -2.08. The van der Waals surface area contributed by atoms with Crippen LogP contribution in [0.2, 0.25) is 0 Å². The Morgan fingerprint density at radius 1 is 0.967 bits per heavy atom. The topological polar surface area (TPSA) is 73.9 Å². The van der Waals surface area contributed by atoms with Crippen molar-refractivity contribution in [1.82, 2.24) is 0 Å². The standard InChI is InChI=1S/C23H21NO5S/c1-27-18-11-9-15(13-19(18)28-2)10-12-20(25)24-22-21(23(26)29-3)17(14-30-22)16-7-5-4-6-8-16/h4-14H,1-3H3,(H,24,25)/b12-10+. The molecule has 0 aliphatic heterocycles. The van der Waals surface area contributed by atoms with Crippen LogP contribution in [0, 0.1) is 0 Å². The first-order chi connectivity index (χ1) is 14.6. The zero-order valence-corrected chi connectivity index (χ0v) is 17.6. The molecule has 0 saturated carbocycles. The van der Waals surface area contributed by atoms with Gasteiger partial charge < -0.3 is 19.5 Å². The minimum atomic E-state index is -0.505. The van der Waals surface area contributed by atoms with Crippen LogP contribution in [0.4, 0.5) is 5.00 Å². The van der Waals surface area contributed by atoms with E-state index in [9.17, 15) is 9.59 Å². The molecule has 0 bridgehead atoms. The van der Waals surface area contributed by atoms with E-state index in [-0.39, 0.29) is 5.91 Å². The maximum Gasteiger partial charge on any atom is 0.341 e. The van der Waals surface area contributed by atoms with Gasteiger partial charge in [0.05, 0.1) is 21.3 Å². The van der Waals surface area contributed by atoms with E-state index >= 15 is 0 Å². The van der Waals surface area contributed by atoms with Crippen molar-refractivity contribution in [3.8, 4) is 22.6 Å². The maximum atomic E-state index is 12.5. The van der Waals surface area contributed by atoms with E-state index in [1.165, 1.54) is 24.5 Å². The highest BCUT2D eigenvalue weighted by Crippen LogP contribution is 2.36. The highest BCUT2D eigenvalue weighted by atomic mass is 32.1. The molecule has 1 N–H and O–H groups in total. The Bertz CT molecular complexity index is 1070. The predicted molar refractivity (Wildman–Crippen MR) is 118 cm³/mol. The van der Waals surface area contributed by atoms with Gasteiger partial charge in [0.1, 0.15) is 10.6 Å². The third-order valence-corrected chi connectivity index (χ3v) is 5.23. The number of anilines is 1. The van der Waals surface area contributed by atoms with E-state index in [0.717, 1.165) is 11.1 Å². The first-order valence-electron chi connectivity index (χ1n) is 9.03. The summed E-state index contributed by atoms with van der Waals surface area (Å²) in [7, 11) is 4.43. The van der Waals surface area contributed by atoms with Crippen LogP contribution in [-0.2, 0) is 9.53 Å². The normalized spacial score (nSPS) is 10.6. The fourth-order valence-electron chi connectivity index (χ4n) is 2.87. The number of methoxy groups -OCH3 is 3. The first-order valence-corrected chi connectivity index (χ1v) is 9.91. The van der Waals surface area contributed by atoms with E-state index < -0.39 is 5.97 Å². The van der Waals surface area contributed by atoms with E-state index in [1.807, 2.05) is 41.8 Å². The number of esters is 1. The second-order valence-corrected chi connectivity index (χ2v) is 7.03. The van der Waals surface area contributed by atoms with Gasteiger partial charge in [-0.3, -0.25) is 4.79 Å². The van der Waals surface area contributed by atoms with Gasteiger partial charge in [0.15, 0.2) is 11.5 Å². The second kappa shape index (κ2) is 9.76. The molecule has 1 aromatic heterocycles. The summed E-state index contributed by atoms with van der Waals surface area (Å²) >= 11 is 1.27. The summed E-state index contributed by atoms with van der Waals surface area (Å²) in [5.74, 6) is 0.304. The van der Waals surface area contributed by atoms with Crippen LogP contribution in [0.15, 0.2) is 60.0 Å². The minimum Gasteiger partial charge on any atom is -0.493 e. The van der Waals surface area contributed by atoms with Crippen LogP contribution in [-0.4, -0.2) is 33.2 Å². The van der Waals surface area contributed by atoms with Crippen LogP contribution >= 0.6 is 11.3 Å². The van der Waals surface area contributed by atoms with Crippen LogP contribution < -0.4 is 14.8 Å². The lowest BCUT2D eigenvalue weighted by atomic mass is 10.0. The van der Waals surface area contributed by atoms with Crippen molar-refractivity contribution in [2.45, 2.75) is 0 Å². The Balaban J connectivity index is 1.82. The number of ether oxygens (including phenoxy) is 3. The molecule has 6 nitrogen and oxygen atoms in total. The number of hydrogen-bond donors (Lipinski definition) is 1. The van der Waals surface area contributed by atoms with Gasteiger partial charge in [-0.05, 0) is 29.3 Å². The van der Waals surface area contributed by atoms with Crippen LogP contribution in [0.5, 0.6) is 11.5 Å². The summed E-state index contributed by atoms with van der Waals surface area (Å²) < 4.78 is 15.4. The van der Waals surface area contributed by atoms with Gasteiger partial charge in [-0.2, -0.15) is 0 Å². The zero-order chi connectivity index (χ0) is 21.5. The number of benzene rings is 2. The molecule has 0 unspecified atom stereocenters. The molecule has 0 atom stereocenters. The second-order valence-electron chi connectivity index (χ2n) is 6.15. The number of nitrogens with one attached hydrogen (secondary N) is 1. The Kier molecular flexibility index (Phi) is 6.87. The number of hydrogen-bond acceptors (Lipinski definition) is 6. The van der Waals surface area contributed by atoms with Crippen LogP contribution in [0.1, 0.15) is 15.9 Å². The fraction of sp³-hybridized carbons (Fsp3) is 0.130. The number of rotatable bonds is 7. The average molecular weight is 423 g/mol. The molecule has 0 aliphatic carbocycles. The lowest BCUT2D eigenvalue weighted by molar-refractivity contribution is -0.111. The molecule has 1 heterocycles. The molecular formula is C23H21NO5S. The molecule has 0 saturated heterocycles. The van der Waals surface area contributed by atoms with Gasteiger partial charge in [0.25, 0.3) is 0 Å². The van der Waals surface area contributed by atoms with Gasteiger partial charge in [-0.25, -0.2) is 4.79 Å². The van der Waals surface area contributed by atoms with Crippen molar-refractivity contribution in [3.05, 3.63) is 71.1 Å². The minimum absolute atomic E-state index is 0.335. The molecule has 0 aliphatic rings. The summed E-state index contributed by atoms with van der Waals surface area (Å²) in [5.41, 5.74) is 2.69.